The summed E-state index contributed by atoms with van der Waals surface area (Å²) in [4.78, 5) is 13.1. The summed E-state index contributed by atoms with van der Waals surface area (Å²) in [6.45, 7) is 2.08. The maximum atomic E-state index is 12.5. The number of methoxy groups -OCH3 is 1. The quantitative estimate of drug-likeness (QED) is 0.909. The largest absolute Gasteiger partial charge is 0.496 e. The van der Waals surface area contributed by atoms with Crippen LogP contribution in [-0.2, 0) is 0 Å². The van der Waals surface area contributed by atoms with Gasteiger partial charge in [-0.3, -0.25) is 4.79 Å². The molecule has 1 amide bonds. The van der Waals surface area contributed by atoms with E-state index in [2.05, 4.69) is 12.2 Å². The maximum absolute atomic E-state index is 12.5. The Morgan fingerprint density at radius 2 is 2.24 bits per heavy atom. The van der Waals surface area contributed by atoms with Crippen LogP contribution in [0, 0.1) is 5.92 Å². The number of carbonyl (C=O) groups excluding carboxylic acids is 1. The first-order valence-corrected chi connectivity index (χ1v) is 8.09. The number of anilines is 1. The average Bonchev–Trinajstić information content (AvgIpc) is 2.74. The normalized spacial score (nSPS) is 16.5. The van der Waals surface area contributed by atoms with E-state index in [-0.39, 0.29) is 11.9 Å². The van der Waals surface area contributed by atoms with E-state index in [1.54, 1.807) is 7.11 Å². The summed E-state index contributed by atoms with van der Waals surface area (Å²) in [5, 5.41) is 3.93. The minimum atomic E-state index is -0.0739. The van der Waals surface area contributed by atoms with Gasteiger partial charge in [-0.15, -0.1) is 11.3 Å². The number of carbonyl (C=O) groups is 1. The highest BCUT2D eigenvalue weighted by atomic mass is 32.1. The summed E-state index contributed by atoms with van der Waals surface area (Å²) < 4.78 is 6.32. The highest BCUT2D eigenvalue weighted by Gasteiger charge is 2.27. The smallest absolute Gasteiger partial charge is 0.263 e. The molecule has 0 spiro atoms. The van der Waals surface area contributed by atoms with Gasteiger partial charge in [0.15, 0.2) is 0 Å². The van der Waals surface area contributed by atoms with Crippen molar-refractivity contribution in [1.29, 1.82) is 0 Å². The molecule has 1 aliphatic carbocycles. The number of nitrogens with two attached hydrogens (primary N) is 1. The van der Waals surface area contributed by atoms with Gasteiger partial charge in [0.25, 0.3) is 5.91 Å². The third-order valence-corrected chi connectivity index (χ3v) is 5.53. The molecule has 0 radical (unpaired) electrons. The van der Waals surface area contributed by atoms with Crippen LogP contribution in [0.4, 0.5) is 5.69 Å². The summed E-state index contributed by atoms with van der Waals surface area (Å²) in [6, 6.07) is 5.95. The van der Waals surface area contributed by atoms with Crippen molar-refractivity contribution in [3.05, 3.63) is 23.1 Å². The molecule has 1 heterocycles. The highest BCUT2D eigenvalue weighted by Crippen LogP contribution is 2.39. The summed E-state index contributed by atoms with van der Waals surface area (Å²) in [5.74, 6) is 1.25. The maximum Gasteiger partial charge on any atom is 0.263 e. The zero-order valence-corrected chi connectivity index (χ0v) is 13.1. The SMILES string of the molecule is COc1cccc2sc(C(=O)NC(C)C3CCC3)c(N)c12. The van der Waals surface area contributed by atoms with Crippen LogP contribution in [0.25, 0.3) is 10.1 Å². The Bertz CT molecular complexity index is 676. The van der Waals surface area contributed by atoms with E-state index in [0.29, 0.717) is 22.2 Å². The molecule has 0 saturated heterocycles. The molecule has 3 rings (SSSR count). The predicted octanol–water partition coefficient (Wildman–Crippen LogP) is 3.41. The van der Waals surface area contributed by atoms with E-state index in [1.807, 2.05) is 18.2 Å². The van der Waals surface area contributed by atoms with E-state index in [9.17, 15) is 4.79 Å². The van der Waals surface area contributed by atoms with Crippen molar-refractivity contribution < 1.29 is 9.53 Å². The van der Waals surface area contributed by atoms with Crippen molar-refractivity contribution in [2.45, 2.75) is 32.2 Å². The Labute approximate surface area is 128 Å². The van der Waals surface area contributed by atoms with E-state index >= 15 is 0 Å². The average molecular weight is 304 g/mol. The molecular formula is C16H20N2O2S. The molecule has 1 atom stereocenters. The fourth-order valence-electron chi connectivity index (χ4n) is 2.81. The van der Waals surface area contributed by atoms with Crippen LogP contribution < -0.4 is 15.8 Å². The second-order valence-corrected chi connectivity index (χ2v) is 6.68. The van der Waals surface area contributed by atoms with Gasteiger partial charge >= 0.3 is 0 Å². The van der Waals surface area contributed by atoms with Gasteiger partial charge in [-0.1, -0.05) is 12.5 Å². The number of amides is 1. The first-order chi connectivity index (χ1) is 10.1. The topological polar surface area (TPSA) is 64.3 Å². The number of nitrogen functional groups attached to an aromatic ring is 1. The lowest BCUT2D eigenvalue weighted by Gasteiger charge is -2.31. The third-order valence-electron chi connectivity index (χ3n) is 4.36. The number of rotatable bonds is 4. The van der Waals surface area contributed by atoms with Crippen LogP contribution in [0.3, 0.4) is 0 Å². The predicted molar refractivity (Wildman–Crippen MR) is 87.1 cm³/mol. The molecule has 1 unspecified atom stereocenters. The van der Waals surface area contributed by atoms with Crippen molar-refractivity contribution in [2.75, 3.05) is 12.8 Å². The summed E-state index contributed by atoms with van der Waals surface area (Å²) in [6.07, 6.45) is 3.68. The molecule has 5 heteroatoms. The fourth-order valence-corrected chi connectivity index (χ4v) is 3.85. The minimum Gasteiger partial charge on any atom is -0.496 e. The summed E-state index contributed by atoms with van der Waals surface area (Å²) in [7, 11) is 1.62. The molecule has 4 nitrogen and oxygen atoms in total. The molecule has 1 aromatic heterocycles. The molecule has 1 saturated carbocycles. The van der Waals surface area contributed by atoms with Crippen molar-refractivity contribution in [3.8, 4) is 5.75 Å². The Kier molecular flexibility index (Phi) is 3.76. The van der Waals surface area contributed by atoms with Crippen LogP contribution in [0.15, 0.2) is 18.2 Å². The van der Waals surface area contributed by atoms with Gasteiger partial charge in [0.05, 0.1) is 18.2 Å². The van der Waals surface area contributed by atoms with Crippen LogP contribution in [-0.4, -0.2) is 19.1 Å². The van der Waals surface area contributed by atoms with Crippen LogP contribution in [0.5, 0.6) is 5.75 Å². The number of thiophene rings is 1. The molecule has 3 N–H and O–H groups in total. The Morgan fingerprint density at radius 1 is 1.48 bits per heavy atom. The number of ether oxygens (including phenoxy) is 1. The van der Waals surface area contributed by atoms with Gasteiger partial charge < -0.3 is 15.8 Å². The van der Waals surface area contributed by atoms with Gasteiger partial charge in [0.1, 0.15) is 10.6 Å². The lowest BCUT2D eigenvalue weighted by molar-refractivity contribution is 0.0914. The van der Waals surface area contributed by atoms with Gasteiger partial charge in [-0.2, -0.15) is 0 Å². The first-order valence-electron chi connectivity index (χ1n) is 7.27. The summed E-state index contributed by atoms with van der Waals surface area (Å²) >= 11 is 1.42. The van der Waals surface area contributed by atoms with Gasteiger partial charge in [0, 0.05) is 10.7 Å². The van der Waals surface area contributed by atoms with E-state index in [1.165, 1.54) is 30.6 Å². The van der Waals surface area contributed by atoms with Crippen LogP contribution in [0.1, 0.15) is 35.9 Å². The van der Waals surface area contributed by atoms with Crippen LogP contribution >= 0.6 is 11.3 Å². The zero-order valence-electron chi connectivity index (χ0n) is 12.3. The fraction of sp³-hybridized carbons (Fsp3) is 0.438. The van der Waals surface area contributed by atoms with Gasteiger partial charge in [-0.25, -0.2) is 0 Å². The molecule has 0 bridgehead atoms. The lowest BCUT2D eigenvalue weighted by Crippen LogP contribution is -2.40. The van der Waals surface area contributed by atoms with Crippen molar-refractivity contribution in [2.24, 2.45) is 5.92 Å². The number of benzene rings is 1. The Balaban J connectivity index is 1.89. The first kappa shape index (κ1) is 14.2. The second kappa shape index (κ2) is 5.56. The molecular weight excluding hydrogens is 284 g/mol. The lowest BCUT2D eigenvalue weighted by atomic mass is 9.80. The molecule has 21 heavy (non-hydrogen) atoms. The highest BCUT2D eigenvalue weighted by molar-refractivity contribution is 7.21. The molecule has 2 aromatic rings. The third kappa shape index (κ3) is 2.46. The molecule has 112 valence electrons. The second-order valence-electron chi connectivity index (χ2n) is 5.63. The monoisotopic (exact) mass is 304 g/mol. The standard InChI is InChI=1S/C16H20N2O2S/c1-9(10-5-3-6-10)18-16(19)15-14(17)13-11(20-2)7-4-8-12(13)21-15/h4,7-10H,3,5-6,17H2,1-2H3,(H,18,19). The minimum absolute atomic E-state index is 0.0739. The van der Waals surface area contributed by atoms with Crippen molar-refractivity contribution >= 4 is 33.0 Å². The van der Waals surface area contributed by atoms with Crippen molar-refractivity contribution in [3.63, 3.8) is 0 Å². The summed E-state index contributed by atoms with van der Waals surface area (Å²) in [5.41, 5.74) is 6.70. The number of fused-ring (bicyclic) bond motifs is 1. The molecule has 1 aromatic carbocycles. The van der Waals surface area contributed by atoms with Crippen LogP contribution in [0.2, 0.25) is 0 Å². The Morgan fingerprint density at radius 3 is 2.86 bits per heavy atom. The molecule has 1 fully saturated rings. The zero-order chi connectivity index (χ0) is 15.0. The Hall–Kier alpha value is -1.75. The molecule has 0 aliphatic heterocycles. The number of nitrogens with one attached hydrogen (secondary N) is 1. The van der Waals surface area contributed by atoms with Gasteiger partial charge in [0.2, 0.25) is 0 Å². The van der Waals surface area contributed by atoms with E-state index < -0.39 is 0 Å². The van der Waals surface area contributed by atoms with Gasteiger partial charge in [-0.05, 0) is 37.8 Å². The van der Waals surface area contributed by atoms with E-state index in [4.69, 9.17) is 10.5 Å². The van der Waals surface area contributed by atoms with Crippen molar-refractivity contribution in [1.82, 2.24) is 5.32 Å². The molecule has 1 aliphatic rings. The van der Waals surface area contributed by atoms with E-state index in [0.717, 1.165) is 10.1 Å². The number of hydrogen-bond acceptors (Lipinski definition) is 4. The number of hydrogen-bond donors (Lipinski definition) is 2.